The minimum Gasteiger partial charge on any atom is -0.238 e. The first kappa shape index (κ1) is 12.4. The minimum atomic E-state index is -3.25. The summed E-state index contributed by atoms with van der Waals surface area (Å²) in [4.78, 5) is 7.33. The number of hydrogen-bond donors (Lipinski definition) is 1. The molecule has 84 valence electrons. The van der Waals surface area contributed by atoms with Gasteiger partial charge in [-0.2, -0.15) is 4.49 Å². The van der Waals surface area contributed by atoms with Crippen LogP contribution >= 0.6 is 8.73 Å². The molecule has 1 unspecified atom stereocenters. The third-order valence-electron chi connectivity index (χ3n) is 1.53. The maximum atomic E-state index is 12.4. The summed E-state index contributed by atoms with van der Waals surface area (Å²) in [6.07, 6.45) is 2.22. The van der Waals surface area contributed by atoms with Gasteiger partial charge in [0.05, 0.1) is 18.1 Å². The summed E-state index contributed by atoms with van der Waals surface area (Å²) in [7, 11) is -3.12. The van der Waals surface area contributed by atoms with Gasteiger partial charge in [-0.15, -0.1) is 0 Å². The van der Waals surface area contributed by atoms with Crippen LogP contribution in [0.1, 0.15) is 5.82 Å². The maximum Gasteiger partial charge on any atom is 0.215 e. The van der Waals surface area contributed by atoms with Crippen molar-refractivity contribution in [1.29, 1.82) is 0 Å². The number of sulfonamides is 1. The molecule has 0 aliphatic heterocycles. The van der Waals surface area contributed by atoms with Crippen LogP contribution < -0.4 is 4.49 Å². The highest BCUT2D eigenvalue weighted by Crippen LogP contribution is 2.01. The lowest BCUT2D eigenvalue weighted by Gasteiger charge is -2.02. The van der Waals surface area contributed by atoms with Gasteiger partial charge >= 0.3 is 0 Å². The van der Waals surface area contributed by atoms with E-state index in [2.05, 4.69) is 14.5 Å². The van der Waals surface area contributed by atoms with Crippen molar-refractivity contribution in [2.24, 2.45) is 0 Å². The summed E-state index contributed by atoms with van der Waals surface area (Å²) < 4.78 is 37.3. The Bertz CT molecular complexity index is 409. The second kappa shape index (κ2) is 5.44. The van der Waals surface area contributed by atoms with Crippen molar-refractivity contribution in [1.82, 2.24) is 14.5 Å². The Morgan fingerprint density at radius 1 is 1.47 bits per heavy atom. The highest BCUT2D eigenvalue weighted by atomic mass is 32.2. The Labute approximate surface area is 89.4 Å². The molecule has 0 aromatic carbocycles. The zero-order valence-electron chi connectivity index (χ0n) is 8.07. The van der Waals surface area contributed by atoms with Gasteiger partial charge in [-0.3, -0.25) is 0 Å². The van der Waals surface area contributed by atoms with Gasteiger partial charge in [0.1, 0.15) is 5.82 Å². The van der Waals surface area contributed by atoms with E-state index in [-0.39, 0.29) is 20.9 Å². The number of aryl methyl sites for hydroxylation is 1. The summed E-state index contributed by atoms with van der Waals surface area (Å²) in [5.41, 5.74) is 0. The molecule has 0 spiro atoms. The Morgan fingerprint density at radius 2 is 2.07 bits per heavy atom. The van der Waals surface area contributed by atoms with E-state index in [1.54, 1.807) is 6.66 Å². The van der Waals surface area contributed by atoms with Gasteiger partial charge in [0.15, 0.2) is 5.82 Å². The molecule has 0 aliphatic carbocycles. The average molecular weight is 251 g/mol. The maximum absolute atomic E-state index is 12.4. The molecule has 1 atom stereocenters. The van der Waals surface area contributed by atoms with Crippen molar-refractivity contribution in [3.63, 3.8) is 0 Å². The van der Waals surface area contributed by atoms with Gasteiger partial charge in [0.2, 0.25) is 10.0 Å². The van der Waals surface area contributed by atoms with E-state index < -0.39 is 15.8 Å². The molecular weight excluding hydrogens is 240 g/mol. The predicted octanol–water partition coefficient (Wildman–Crippen LogP) is 0.301. The molecule has 15 heavy (non-hydrogen) atoms. The topological polar surface area (TPSA) is 72.0 Å². The minimum absolute atomic E-state index is 0.0839. The Hall–Kier alpha value is -0.650. The van der Waals surface area contributed by atoms with Crippen molar-refractivity contribution >= 4 is 18.8 Å². The van der Waals surface area contributed by atoms with Crippen LogP contribution in [0, 0.1) is 5.82 Å². The third kappa shape index (κ3) is 4.59. The van der Waals surface area contributed by atoms with E-state index in [4.69, 9.17) is 0 Å². The monoisotopic (exact) mass is 251 g/mol. The van der Waals surface area contributed by atoms with Crippen LogP contribution in [0.3, 0.4) is 0 Å². The van der Waals surface area contributed by atoms with Crippen LogP contribution in [0.15, 0.2) is 12.4 Å². The molecule has 1 aromatic heterocycles. The average Bonchev–Trinajstić information content (AvgIpc) is 2.17. The zero-order valence-corrected chi connectivity index (χ0v) is 9.88. The molecule has 8 heteroatoms. The lowest BCUT2D eigenvalue weighted by atomic mass is 10.4. The smallest absolute Gasteiger partial charge is 0.215 e. The Balaban J connectivity index is 2.54. The number of nitrogens with zero attached hydrogens (tertiary/aromatic N) is 2. The van der Waals surface area contributed by atoms with Crippen LogP contribution in [-0.2, 0) is 16.4 Å². The standard InChI is InChI=1S/C7H11FN3O2PS/c1-14-11-15(12,13)3-2-7-9-4-6(8)5-10-7/h4-5,11,14H,2-3H2,1H3. The largest absolute Gasteiger partial charge is 0.238 e. The zero-order chi connectivity index (χ0) is 11.3. The number of hydrogen-bond acceptors (Lipinski definition) is 4. The number of halogens is 1. The third-order valence-corrected chi connectivity index (χ3v) is 4.33. The van der Waals surface area contributed by atoms with Crippen molar-refractivity contribution < 1.29 is 12.8 Å². The lowest BCUT2D eigenvalue weighted by molar-refractivity contribution is 0.591. The molecule has 0 bridgehead atoms. The number of nitrogens with one attached hydrogen (secondary N) is 1. The van der Waals surface area contributed by atoms with Gasteiger partial charge < -0.3 is 0 Å². The highest BCUT2D eigenvalue weighted by molar-refractivity contribution is 7.93. The molecule has 0 aliphatic rings. The van der Waals surface area contributed by atoms with E-state index in [1.165, 1.54) is 0 Å². The molecule has 0 amide bonds. The van der Waals surface area contributed by atoms with Gasteiger partial charge in [-0.1, -0.05) is 0 Å². The normalized spacial score (nSPS) is 12.4. The molecule has 0 fully saturated rings. The van der Waals surface area contributed by atoms with Crippen LogP contribution in [0.25, 0.3) is 0 Å². The summed E-state index contributed by atoms with van der Waals surface area (Å²) >= 11 is 0. The molecule has 5 nitrogen and oxygen atoms in total. The number of aromatic nitrogens is 2. The van der Waals surface area contributed by atoms with Crippen molar-refractivity contribution in [2.75, 3.05) is 12.4 Å². The van der Waals surface area contributed by atoms with E-state index in [1.807, 2.05) is 0 Å². The summed E-state index contributed by atoms with van der Waals surface area (Å²) in [5.74, 6) is -0.296. The van der Waals surface area contributed by atoms with Crippen molar-refractivity contribution in [2.45, 2.75) is 6.42 Å². The van der Waals surface area contributed by atoms with Gasteiger partial charge in [-0.25, -0.2) is 22.8 Å². The van der Waals surface area contributed by atoms with E-state index in [9.17, 15) is 12.8 Å². The highest BCUT2D eigenvalue weighted by Gasteiger charge is 2.09. The van der Waals surface area contributed by atoms with E-state index in [0.717, 1.165) is 12.4 Å². The van der Waals surface area contributed by atoms with Gasteiger partial charge in [-0.05, 0) is 15.4 Å². The van der Waals surface area contributed by atoms with Gasteiger partial charge in [0, 0.05) is 6.42 Å². The Kier molecular flexibility index (Phi) is 4.50. The molecule has 0 saturated heterocycles. The molecular formula is C7H11FN3O2PS. The van der Waals surface area contributed by atoms with Crippen LogP contribution in [0.5, 0.6) is 0 Å². The first-order chi connectivity index (χ1) is 7.03. The lowest BCUT2D eigenvalue weighted by Crippen LogP contribution is -2.20. The SMILES string of the molecule is CPNS(=O)(=O)CCc1ncc(F)cn1. The fraction of sp³-hybridized carbons (Fsp3) is 0.429. The first-order valence-electron chi connectivity index (χ1n) is 4.16. The quantitative estimate of drug-likeness (QED) is 0.764. The van der Waals surface area contributed by atoms with Gasteiger partial charge in [0.25, 0.3) is 0 Å². The van der Waals surface area contributed by atoms with Crippen LogP contribution in [-0.4, -0.2) is 30.8 Å². The summed E-state index contributed by atoms with van der Waals surface area (Å²) in [6.45, 7) is 1.73. The molecule has 0 saturated carbocycles. The fourth-order valence-electron chi connectivity index (χ4n) is 0.900. The first-order valence-corrected chi connectivity index (χ1v) is 7.31. The molecule has 1 aromatic rings. The molecule has 1 rings (SSSR count). The summed E-state index contributed by atoms with van der Waals surface area (Å²) in [6, 6.07) is 0. The fourth-order valence-corrected chi connectivity index (χ4v) is 3.00. The van der Waals surface area contributed by atoms with Crippen molar-refractivity contribution in [3.8, 4) is 0 Å². The summed E-state index contributed by atoms with van der Waals surface area (Å²) in [5, 5.41) is 0. The molecule has 0 radical (unpaired) electrons. The van der Waals surface area contributed by atoms with E-state index in [0.29, 0.717) is 5.82 Å². The predicted molar refractivity (Wildman–Crippen MR) is 56.9 cm³/mol. The molecule has 1 heterocycles. The van der Waals surface area contributed by atoms with Crippen molar-refractivity contribution in [3.05, 3.63) is 24.0 Å². The van der Waals surface area contributed by atoms with Crippen LogP contribution in [0.2, 0.25) is 0 Å². The Morgan fingerprint density at radius 3 is 2.60 bits per heavy atom. The van der Waals surface area contributed by atoms with Crippen LogP contribution in [0.4, 0.5) is 4.39 Å². The second-order valence-electron chi connectivity index (χ2n) is 2.74. The van der Waals surface area contributed by atoms with E-state index >= 15 is 0 Å². The number of rotatable bonds is 5. The second-order valence-corrected chi connectivity index (χ2v) is 5.69. The molecule has 1 N–H and O–H groups in total.